The Hall–Kier alpha value is -2.53. The second-order valence-electron chi connectivity index (χ2n) is 6.71. The third kappa shape index (κ3) is 4.73. The summed E-state index contributed by atoms with van der Waals surface area (Å²) in [7, 11) is -4.09. The standard InChI is InChI=1S/C18H19F3N4O3S/c1-12-3-4-14(11-15(12)18(19,20)21)29(27,28)25-9-5-13(6-10-25)16(26)24-17-22-7-2-8-23-17/h2-4,7-8,11,13H,5-6,9-10H2,1H3,(H,22,23,24,26). The first-order chi connectivity index (χ1) is 13.6. The molecule has 0 spiro atoms. The van der Waals surface area contributed by atoms with E-state index in [1.165, 1.54) is 25.4 Å². The average Bonchev–Trinajstić information content (AvgIpc) is 2.68. The minimum atomic E-state index is -4.64. The van der Waals surface area contributed by atoms with E-state index in [2.05, 4.69) is 15.3 Å². The molecule has 1 aliphatic rings. The Bertz CT molecular complexity index is 989. The molecule has 2 aromatic rings. The monoisotopic (exact) mass is 428 g/mol. The van der Waals surface area contributed by atoms with E-state index in [9.17, 15) is 26.4 Å². The van der Waals surface area contributed by atoms with Gasteiger partial charge in [-0.1, -0.05) is 6.07 Å². The molecule has 0 aliphatic carbocycles. The van der Waals surface area contributed by atoms with Gasteiger partial charge in [0.1, 0.15) is 0 Å². The summed E-state index contributed by atoms with van der Waals surface area (Å²) in [4.78, 5) is 19.7. The van der Waals surface area contributed by atoms with Crippen LogP contribution in [0.5, 0.6) is 0 Å². The van der Waals surface area contributed by atoms with Gasteiger partial charge in [-0.25, -0.2) is 18.4 Å². The van der Waals surface area contributed by atoms with Gasteiger partial charge in [0.2, 0.25) is 21.9 Å². The van der Waals surface area contributed by atoms with Gasteiger partial charge in [0.25, 0.3) is 0 Å². The third-order valence-electron chi connectivity index (χ3n) is 4.78. The number of rotatable bonds is 4. The van der Waals surface area contributed by atoms with Gasteiger partial charge in [-0.05, 0) is 43.5 Å². The summed E-state index contributed by atoms with van der Waals surface area (Å²) in [6.45, 7) is 1.34. The number of hydrogen-bond acceptors (Lipinski definition) is 5. The van der Waals surface area contributed by atoms with Crippen molar-refractivity contribution in [2.75, 3.05) is 18.4 Å². The predicted octanol–water partition coefficient (Wildman–Crippen LogP) is 2.84. The van der Waals surface area contributed by atoms with Gasteiger partial charge in [0, 0.05) is 31.4 Å². The number of carbonyl (C=O) groups excluding carboxylic acids is 1. The summed E-state index contributed by atoms with van der Waals surface area (Å²) in [6, 6.07) is 4.59. The number of aryl methyl sites for hydroxylation is 1. The van der Waals surface area contributed by atoms with Gasteiger partial charge >= 0.3 is 6.18 Å². The molecule has 156 valence electrons. The highest BCUT2D eigenvalue weighted by Gasteiger charge is 2.36. The molecule has 1 aromatic heterocycles. The topological polar surface area (TPSA) is 92.3 Å². The predicted molar refractivity (Wildman–Crippen MR) is 98.3 cm³/mol. The van der Waals surface area contributed by atoms with Crippen molar-refractivity contribution in [2.45, 2.75) is 30.8 Å². The molecule has 1 saturated heterocycles. The van der Waals surface area contributed by atoms with Crippen LogP contribution in [0.2, 0.25) is 0 Å². The molecule has 1 aromatic carbocycles. The van der Waals surface area contributed by atoms with E-state index < -0.39 is 32.6 Å². The number of alkyl halides is 3. The first-order valence-corrected chi connectivity index (χ1v) is 10.3. The normalized spacial score (nSPS) is 16.6. The summed E-state index contributed by atoms with van der Waals surface area (Å²) in [5, 5.41) is 2.57. The summed E-state index contributed by atoms with van der Waals surface area (Å²) in [5.74, 6) is -0.594. The first kappa shape index (κ1) is 21.2. The van der Waals surface area contributed by atoms with Crippen LogP contribution < -0.4 is 5.32 Å². The number of hydrogen-bond donors (Lipinski definition) is 1. The number of halogens is 3. The number of nitrogens with zero attached hydrogens (tertiary/aromatic N) is 3. The number of aromatic nitrogens is 2. The summed E-state index contributed by atoms with van der Waals surface area (Å²) in [6.07, 6.45) is -1.19. The highest BCUT2D eigenvalue weighted by atomic mass is 32.2. The Labute approximate surface area is 166 Å². The quantitative estimate of drug-likeness (QED) is 0.809. The lowest BCUT2D eigenvalue weighted by Gasteiger charge is -2.30. The molecule has 0 radical (unpaired) electrons. The summed E-state index contributed by atoms with van der Waals surface area (Å²) < 4.78 is 66.0. The van der Waals surface area contributed by atoms with Gasteiger partial charge in [-0.15, -0.1) is 0 Å². The molecule has 29 heavy (non-hydrogen) atoms. The molecule has 7 nitrogen and oxygen atoms in total. The van der Waals surface area contributed by atoms with E-state index in [-0.39, 0.29) is 43.4 Å². The number of sulfonamides is 1. The lowest BCUT2D eigenvalue weighted by Crippen LogP contribution is -2.41. The molecule has 1 fully saturated rings. The zero-order valence-corrected chi connectivity index (χ0v) is 16.3. The smallest absolute Gasteiger partial charge is 0.294 e. The Balaban J connectivity index is 1.69. The van der Waals surface area contributed by atoms with E-state index in [1.807, 2.05) is 0 Å². The van der Waals surface area contributed by atoms with E-state index in [1.54, 1.807) is 6.07 Å². The maximum absolute atomic E-state index is 13.1. The second-order valence-corrected chi connectivity index (χ2v) is 8.65. The van der Waals surface area contributed by atoms with Crippen molar-refractivity contribution in [3.05, 3.63) is 47.8 Å². The maximum Gasteiger partial charge on any atom is 0.416 e. The van der Waals surface area contributed by atoms with Crippen LogP contribution in [0.4, 0.5) is 19.1 Å². The molecule has 0 unspecified atom stereocenters. The zero-order valence-electron chi connectivity index (χ0n) is 15.5. The van der Waals surface area contributed by atoms with Crippen molar-refractivity contribution in [3.8, 4) is 0 Å². The fourth-order valence-corrected chi connectivity index (χ4v) is 4.65. The third-order valence-corrected chi connectivity index (χ3v) is 6.67. The van der Waals surface area contributed by atoms with Crippen LogP contribution in [0, 0.1) is 12.8 Å². The van der Waals surface area contributed by atoms with E-state index >= 15 is 0 Å². The number of benzene rings is 1. The highest BCUT2D eigenvalue weighted by Crippen LogP contribution is 2.34. The van der Waals surface area contributed by atoms with Crippen LogP contribution in [0.1, 0.15) is 24.0 Å². The molecule has 0 bridgehead atoms. The van der Waals surface area contributed by atoms with Crippen LogP contribution in [0.3, 0.4) is 0 Å². The Morgan fingerprint density at radius 1 is 1.17 bits per heavy atom. The average molecular weight is 428 g/mol. The fraction of sp³-hybridized carbons (Fsp3) is 0.389. The molecule has 11 heteroatoms. The van der Waals surface area contributed by atoms with Gasteiger partial charge in [-0.2, -0.15) is 17.5 Å². The minimum Gasteiger partial charge on any atom is -0.294 e. The van der Waals surface area contributed by atoms with Crippen LogP contribution in [-0.2, 0) is 21.0 Å². The van der Waals surface area contributed by atoms with Crippen molar-refractivity contribution in [1.82, 2.24) is 14.3 Å². The largest absolute Gasteiger partial charge is 0.416 e. The Morgan fingerprint density at radius 2 is 1.79 bits per heavy atom. The molecule has 3 rings (SSSR count). The van der Waals surface area contributed by atoms with Gasteiger partial charge < -0.3 is 0 Å². The summed E-state index contributed by atoms with van der Waals surface area (Å²) >= 11 is 0. The molecule has 1 aliphatic heterocycles. The van der Waals surface area contributed by atoms with Crippen LogP contribution in [0.15, 0.2) is 41.6 Å². The Kier molecular flexibility index (Phi) is 5.90. The molecular weight excluding hydrogens is 409 g/mol. The van der Waals surface area contributed by atoms with E-state index in [4.69, 9.17) is 0 Å². The molecular formula is C18H19F3N4O3S. The fourth-order valence-electron chi connectivity index (χ4n) is 3.15. The highest BCUT2D eigenvalue weighted by molar-refractivity contribution is 7.89. The number of piperidine rings is 1. The van der Waals surface area contributed by atoms with Crippen LogP contribution >= 0.6 is 0 Å². The SMILES string of the molecule is Cc1ccc(S(=O)(=O)N2CCC(C(=O)Nc3ncccn3)CC2)cc1C(F)(F)F. The Morgan fingerprint density at radius 3 is 2.38 bits per heavy atom. The van der Waals surface area contributed by atoms with E-state index in [0.29, 0.717) is 6.07 Å². The summed E-state index contributed by atoms with van der Waals surface area (Å²) in [5.41, 5.74) is -1.02. The molecule has 1 amide bonds. The lowest BCUT2D eigenvalue weighted by molar-refractivity contribution is -0.138. The van der Waals surface area contributed by atoms with E-state index in [0.717, 1.165) is 10.4 Å². The van der Waals surface area contributed by atoms with Gasteiger partial charge in [-0.3, -0.25) is 10.1 Å². The van der Waals surface area contributed by atoms with Crippen LogP contribution in [0.25, 0.3) is 0 Å². The van der Waals surface area contributed by atoms with Gasteiger partial charge in [0.15, 0.2) is 0 Å². The minimum absolute atomic E-state index is 0.0330. The van der Waals surface area contributed by atoms with Crippen molar-refractivity contribution in [2.24, 2.45) is 5.92 Å². The number of carbonyl (C=O) groups is 1. The lowest BCUT2D eigenvalue weighted by atomic mass is 9.97. The number of amides is 1. The van der Waals surface area contributed by atoms with Crippen molar-refractivity contribution < 1.29 is 26.4 Å². The molecule has 0 atom stereocenters. The first-order valence-electron chi connectivity index (χ1n) is 8.85. The molecule has 2 heterocycles. The molecule has 1 N–H and O–H groups in total. The second kappa shape index (κ2) is 8.07. The van der Waals surface area contributed by atoms with Crippen molar-refractivity contribution in [1.29, 1.82) is 0 Å². The van der Waals surface area contributed by atoms with Crippen LogP contribution in [-0.4, -0.2) is 41.7 Å². The number of nitrogens with one attached hydrogen (secondary N) is 1. The van der Waals surface area contributed by atoms with Crippen molar-refractivity contribution in [3.63, 3.8) is 0 Å². The molecule has 0 saturated carbocycles. The van der Waals surface area contributed by atoms with Gasteiger partial charge in [0.05, 0.1) is 10.5 Å². The zero-order chi connectivity index (χ0) is 21.2. The maximum atomic E-state index is 13.1. The van der Waals surface area contributed by atoms with Crippen molar-refractivity contribution >= 4 is 21.9 Å². The number of anilines is 1.